The lowest BCUT2D eigenvalue weighted by Gasteiger charge is -2.27. The Balaban J connectivity index is 1.74. The number of nitrogens with two attached hydrogens (primary N) is 1. The molecule has 10 heteroatoms. The van der Waals surface area contributed by atoms with E-state index in [0.29, 0.717) is 0 Å². The third-order valence-electron chi connectivity index (χ3n) is 6.79. The fourth-order valence-corrected chi connectivity index (χ4v) is 4.42. The smallest absolute Gasteiger partial charge is 0.326 e. The van der Waals surface area contributed by atoms with Crippen LogP contribution in [-0.4, -0.2) is 58.1 Å². The van der Waals surface area contributed by atoms with E-state index in [2.05, 4.69) is 16.0 Å². The Morgan fingerprint density at radius 1 is 0.643 bits per heavy atom. The van der Waals surface area contributed by atoms with Crippen LogP contribution in [0, 0.1) is 5.92 Å². The molecule has 3 rings (SSSR count). The van der Waals surface area contributed by atoms with Gasteiger partial charge in [-0.25, -0.2) is 4.79 Å². The van der Waals surface area contributed by atoms with E-state index in [9.17, 15) is 29.4 Å². The van der Waals surface area contributed by atoms with E-state index >= 15 is 0 Å². The van der Waals surface area contributed by atoms with Crippen molar-refractivity contribution in [2.45, 2.75) is 57.3 Å². The van der Waals surface area contributed by atoms with Crippen LogP contribution in [-0.2, 0) is 38.4 Å². The lowest BCUT2D eigenvalue weighted by molar-refractivity contribution is -0.142. The summed E-state index contributed by atoms with van der Waals surface area (Å²) in [6.07, 6.45) is 0.363. The molecule has 0 aromatic heterocycles. The van der Waals surface area contributed by atoms with E-state index in [4.69, 9.17) is 5.73 Å². The number of rotatable bonds is 14. The van der Waals surface area contributed by atoms with Gasteiger partial charge in [0.1, 0.15) is 23.9 Å². The molecule has 0 heterocycles. The minimum atomic E-state index is -1.21. The minimum absolute atomic E-state index is 0.0670. The molecule has 7 N–H and O–H groups in total. The molecule has 0 aliphatic heterocycles. The van der Waals surface area contributed by atoms with Crippen LogP contribution in [0.1, 0.15) is 30.5 Å². The Morgan fingerprint density at radius 2 is 1.12 bits per heavy atom. The highest BCUT2D eigenvalue weighted by Gasteiger charge is 2.32. The molecule has 4 atom stereocenters. The number of hydrogen-bond acceptors (Lipinski definition) is 6. The van der Waals surface area contributed by atoms with Crippen molar-refractivity contribution >= 4 is 23.7 Å². The summed E-state index contributed by atoms with van der Waals surface area (Å²) in [6, 6.07) is 20.0. The third kappa shape index (κ3) is 9.74. The zero-order valence-corrected chi connectivity index (χ0v) is 23.7. The molecule has 42 heavy (non-hydrogen) atoms. The molecule has 10 nitrogen and oxygen atoms in total. The number of carboxylic acid groups (broad SMARTS) is 1. The predicted octanol–water partition coefficient (Wildman–Crippen LogP) is 1.94. The normalized spacial score (nSPS) is 13.8. The fraction of sp³-hybridized carbons (Fsp3) is 0.312. The number of phenolic OH excluding ortho intramolecular Hbond substituents is 1. The molecule has 4 unspecified atom stereocenters. The topological polar surface area (TPSA) is 171 Å². The molecule has 0 aliphatic carbocycles. The summed E-state index contributed by atoms with van der Waals surface area (Å²) >= 11 is 0. The molecular weight excluding hydrogens is 536 g/mol. The molecule has 3 amide bonds. The molecule has 3 aromatic carbocycles. The van der Waals surface area contributed by atoms with Gasteiger partial charge in [-0.1, -0.05) is 86.6 Å². The number of amides is 3. The van der Waals surface area contributed by atoms with Crippen LogP contribution in [0.25, 0.3) is 0 Å². The van der Waals surface area contributed by atoms with Gasteiger partial charge in [-0.05, 0) is 41.2 Å². The lowest BCUT2D eigenvalue weighted by Crippen LogP contribution is -2.59. The molecule has 222 valence electrons. The van der Waals surface area contributed by atoms with Crippen LogP contribution >= 0.6 is 0 Å². The first-order chi connectivity index (χ1) is 20.0. The van der Waals surface area contributed by atoms with Crippen LogP contribution in [0.4, 0.5) is 0 Å². The second-order valence-corrected chi connectivity index (χ2v) is 10.5. The molecule has 0 bridgehead atoms. The van der Waals surface area contributed by atoms with Gasteiger partial charge < -0.3 is 31.9 Å². The van der Waals surface area contributed by atoms with E-state index in [1.165, 1.54) is 12.1 Å². The Kier molecular flexibility index (Phi) is 11.6. The zero-order chi connectivity index (χ0) is 30.6. The van der Waals surface area contributed by atoms with Crippen molar-refractivity contribution in [2.75, 3.05) is 0 Å². The highest BCUT2D eigenvalue weighted by atomic mass is 16.4. The van der Waals surface area contributed by atoms with Crippen molar-refractivity contribution in [1.29, 1.82) is 0 Å². The molecule has 3 aromatic rings. The summed E-state index contributed by atoms with van der Waals surface area (Å²) in [6.45, 7) is 3.51. The summed E-state index contributed by atoms with van der Waals surface area (Å²) in [4.78, 5) is 51.8. The standard InChI is InChI=1S/C32H38N4O6/c1-20(2)28(36-29(38)25(33)17-23-13-15-24(37)16-14-23)31(40)34-26(18-21-9-5-3-6-10-21)30(39)35-27(32(41)42)19-22-11-7-4-8-12-22/h3-16,20,25-28,37H,17-19,33H2,1-2H3,(H,34,40)(H,35,39)(H,36,38)(H,41,42). The Morgan fingerprint density at radius 3 is 1.62 bits per heavy atom. The van der Waals surface area contributed by atoms with Gasteiger partial charge in [0, 0.05) is 12.8 Å². The first-order valence-corrected chi connectivity index (χ1v) is 13.8. The van der Waals surface area contributed by atoms with E-state index in [-0.39, 0.29) is 30.9 Å². The molecule has 0 aliphatic rings. The van der Waals surface area contributed by atoms with Gasteiger partial charge in [0.25, 0.3) is 0 Å². The molecular formula is C32H38N4O6. The number of benzene rings is 3. The van der Waals surface area contributed by atoms with Crippen molar-refractivity contribution in [3.63, 3.8) is 0 Å². The van der Waals surface area contributed by atoms with Gasteiger partial charge in [-0.15, -0.1) is 0 Å². The van der Waals surface area contributed by atoms with Crippen molar-refractivity contribution < 1.29 is 29.4 Å². The van der Waals surface area contributed by atoms with E-state index in [0.717, 1.165) is 16.7 Å². The highest BCUT2D eigenvalue weighted by Crippen LogP contribution is 2.12. The summed E-state index contributed by atoms with van der Waals surface area (Å²) in [5.74, 6) is -3.26. The average Bonchev–Trinajstić information content (AvgIpc) is 2.97. The number of carbonyl (C=O) groups is 4. The molecule has 0 spiro atoms. The number of carboxylic acids is 1. The first kappa shape index (κ1) is 31.8. The van der Waals surface area contributed by atoms with Gasteiger partial charge in [0.05, 0.1) is 6.04 Å². The van der Waals surface area contributed by atoms with Crippen LogP contribution in [0.15, 0.2) is 84.9 Å². The number of nitrogens with one attached hydrogen (secondary N) is 3. The largest absolute Gasteiger partial charge is 0.508 e. The summed E-state index contributed by atoms with van der Waals surface area (Å²) in [5, 5.41) is 27.3. The van der Waals surface area contributed by atoms with Gasteiger partial charge in [-0.2, -0.15) is 0 Å². The van der Waals surface area contributed by atoms with Gasteiger partial charge in [0.15, 0.2) is 0 Å². The zero-order valence-electron chi connectivity index (χ0n) is 23.7. The highest BCUT2D eigenvalue weighted by molar-refractivity contribution is 5.94. The maximum atomic E-state index is 13.5. The van der Waals surface area contributed by atoms with Crippen molar-refractivity contribution in [3.05, 3.63) is 102 Å². The van der Waals surface area contributed by atoms with Crippen LogP contribution in [0.5, 0.6) is 5.75 Å². The number of hydrogen-bond donors (Lipinski definition) is 6. The quantitative estimate of drug-likeness (QED) is 0.171. The van der Waals surface area contributed by atoms with Crippen LogP contribution in [0.3, 0.4) is 0 Å². The number of phenols is 1. The predicted molar refractivity (Wildman–Crippen MR) is 158 cm³/mol. The summed E-state index contributed by atoms with van der Waals surface area (Å²) in [5.41, 5.74) is 8.34. The fourth-order valence-electron chi connectivity index (χ4n) is 4.42. The van der Waals surface area contributed by atoms with Gasteiger partial charge in [-0.3, -0.25) is 14.4 Å². The summed E-state index contributed by atoms with van der Waals surface area (Å²) in [7, 11) is 0. The number of aromatic hydroxyl groups is 1. The second kappa shape index (κ2) is 15.3. The van der Waals surface area contributed by atoms with Gasteiger partial charge >= 0.3 is 5.97 Å². The second-order valence-electron chi connectivity index (χ2n) is 10.5. The maximum Gasteiger partial charge on any atom is 0.326 e. The Hall–Kier alpha value is -4.70. The first-order valence-electron chi connectivity index (χ1n) is 13.8. The van der Waals surface area contributed by atoms with Crippen LogP contribution in [0.2, 0.25) is 0 Å². The third-order valence-corrected chi connectivity index (χ3v) is 6.79. The van der Waals surface area contributed by atoms with Crippen molar-refractivity contribution in [3.8, 4) is 5.75 Å². The number of aliphatic carboxylic acids is 1. The van der Waals surface area contributed by atoms with Crippen molar-refractivity contribution in [1.82, 2.24) is 16.0 Å². The van der Waals surface area contributed by atoms with Crippen LogP contribution < -0.4 is 21.7 Å². The Bertz CT molecular complexity index is 1330. The lowest BCUT2D eigenvalue weighted by atomic mass is 9.99. The molecule has 0 fully saturated rings. The SMILES string of the molecule is CC(C)C(NC(=O)C(N)Cc1ccc(O)cc1)C(=O)NC(Cc1ccccc1)C(=O)NC(Cc1ccccc1)C(=O)O. The van der Waals surface area contributed by atoms with E-state index < -0.39 is 47.9 Å². The van der Waals surface area contributed by atoms with E-state index in [1.807, 2.05) is 12.1 Å². The molecule has 0 saturated heterocycles. The maximum absolute atomic E-state index is 13.5. The molecule has 0 radical (unpaired) electrons. The Labute approximate surface area is 245 Å². The van der Waals surface area contributed by atoms with Crippen molar-refractivity contribution in [2.24, 2.45) is 11.7 Å². The minimum Gasteiger partial charge on any atom is -0.508 e. The summed E-state index contributed by atoms with van der Waals surface area (Å²) < 4.78 is 0. The van der Waals surface area contributed by atoms with Gasteiger partial charge in [0.2, 0.25) is 17.7 Å². The molecule has 0 saturated carbocycles. The number of carbonyl (C=O) groups excluding carboxylic acids is 3. The average molecular weight is 575 g/mol. The monoisotopic (exact) mass is 574 g/mol. The van der Waals surface area contributed by atoms with E-state index in [1.54, 1.807) is 74.5 Å².